The molecule has 1 aromatic rings. The molecule has 16 heavy (non-hydrogen) atoms. The van der Waals surface area contributed by atoms with Gasteiger partial charge in [0.1, 0.15) is 11.9 Å². The number of hydrogen-bond donors (Lipinski definition) is 1. The Kier molecular flexibility index (Phi) is 3.38. The molecule has 0 bridgehead atoms. The van der Waals surface area contributed by atoms with Gasteiger partial charge in [0.15, 0.2) is 0 Å². The molecule has 0 saturated carbocycles. The largest absolute Gasteiger partial charge is 0.480 e. The van der Waals surface area contributed by atoms with Gasteiger partial charge in [-0.25, -0.2) is 9.78 Å². The van der Waals surface area contributed by atoms with E-state index in [2.05, 4.69) is 9.36 Å². The normalized spacial score (nSPS) is 21.8. The second-order valence-corrected chi connectivity index (χ2v) is 4.75. The van der Waals surface area contributed by atoms with Gasteiger partial charge in [-0.05, 0) is 19.8 Å². The predicted octanol–water partition coefficient (Wildman–Crippen LogP) is 1.68. The molecule has 5 nitrogen and oxygen atoms in total. The number of carbonyl (C=O) groups is 1. The fourth-order valence-corrected chi connectivity index (χ4v) is 2.75. The molecule has 1 atom stereocenters. The van der Waals surface area contributed by atoms with E-state index in [1.807, 2.05) is 11.8 Å². The molecular formula is C10H15N3O2S. The summed E-state index contributed by atoms with van der Waals surface area (Å²) in [5, 5.41) is 9.96. The first-order valence-corrected chi connectivity index (χ1v) is 6.25. The van der Waals surface area contributed by atoms with E-state index in [1.54, 1.807) is 0 Å². The first-order valence-electron chi connectivity index (χ1n) is 5.48. The molecule has 6 heteroatoms. The summed E-state index contributed by atoms with van der Waals surface area (Å²) in [7, 11) is 0. The summed E-state index contributed by atoms with van der Waals surface area (Å²) in [5.74, 6) is -0.0388. The molecule has 0 amide bonds. The summed E-state index contributed by atoms with van der Waals surface area (Å²) in [5.41, 5.74) is 0. The third-order valence-corrected chi connectivity index (χ3v) is 3.65. The van der Waals surface area contributed by atoms with Gasteiger partial charge in [0.2, 0.25) is 5.13 Å². The molecule has 1 unspecified atom stereocenters. The highest BCUT2D eigenvalue weighted by Gasteiger charge is 2.29. The van der Waals surface area contributed by atoms with Crippen LogP contribution in [0.5, 0.6) is 0 Å². The zero-order valence-corrected chi connectivity index (χ0v) is 10.0. The van der Waals surface area contributed by atoms with Crippen molar-refractivity contribution in [2.24, 2.45) is 0 Å². The van der Waals surface area contributed by atoms with Crippen molar-refractivity contribution in [2.75, 3.05) is 11.4 Å². The van der Waals surface area contributed by atoms with Gasteiger partial charge in [0.05, 0.1) is 0 Å². The van der Waals surface area contributed by atoms with Crippen molar-refractivity contribution in [2.45, 2.75) is 38.6 Å². The van der Waals surface area contributed by atoms with Gasteiger partial charge in [0, 0.05) is 18.1 Å². The quantitative estimate of drug-likeness (QED) is 0.853. The predicted molar refractivity (Wildman–Crippen MR) is 61.9 cm³/mol. The van der Waals surface area contributed by atoms with Crippen molar-refractivity contribution in [3.63, 3.8) is 0 Å². The average molecular weight is 241 g/mol. The molecular weight excluding hydrogens is 226 g/mol. The first-order chi connectivity index (χ1) is 7.68. The number of aromatic nitrogens is 2. The summed E-state index contributed by atoms with van der Waals surface area (Å²) in [6.45, 7) is 2.60. The number of carboxylic acid groups (broad SMARTS) is 1. The van der Waals surface area contributed by atoms with Crippen molar-refractivity contribution < 1.29 is 9.90 Å². The number of anilines is 1. The van der Waals surface area contributed by atoms with E-state index in [4.69, 9.17) is 0 Å². The van der Waals surface area contributed by atoms with Gasteiger partial charge >= 0.3 is 5.97 Å². The van der Waals surface area contributed by atoms with Crippen LogP contribution in [0.3, 0.4) is 0 Å². The molecule has 1 aliphatic rings. The lowest BCUT2D eigenvalue weighted by atomic mass is 10.1. The molecule has 1 fully saturated rings. The number of aliphatic carboxylic acids is 1. The van der Waals surface area contributed by atoms with Gasteiger partial charge in [-0.1, -0.05) is 12.8 Å². The van der Waals surface area contributed by atoms with Gasteiger partial charge in [-0.3, -0.25) is 0 Å². The van der Waals surface area contributed by atoms with E-state index in [-0.39, 0.29) is 0 Å². The zero-order valence-electron chi connectivity index (χ0n) is 9.22. The Balaban J connectivity index is 2.23. The van der Waals surface area contributed by atoms with Crippen LogP contribution in [0.15, 0.2) is 0 Å². The van der Waals surface area contributed by atoms with E-state index < -0.39 is 12.0 Å². The monoisotopic (exact) mass is 241 g/mol. The van der Waals surface area contributed by atoms with E-state index in [0.717, 1.165) is 30.9 Å². The Morgan fingerprint density at radius 3 is 2.94 bits per heavy atom. The van der Waals surface area contributed by atoms with Crippen LogP contribution in [0.4, 0.5) is 5.13 Å². The molecule has 2 heterocycles. The Bertz CT molecular complexity index is 380. The topological polar surface area (TPSA) is 66.3 Å². The van der Waals surface area contributed by atoms with Crippen molar-refractivity contribution in [1.82, 2.24) is 9.36 Å². The van der Waals surface area contributed by atoms with Crippen LogP contribution in [0.2, 0.25) is 0 Å². The maximum atomic E-state index is 11.2. The van der Waals surface area contributed by atoms with E-state index in [0.29, 0.717) is 12.2 Å². The molecule has 1 saturated heterocycles. The molecule has 0 radical (unpaired) electrons. The van der Waals surface area contributed by atoms with Crippen LogP contribution in [-0.4, -0.2) is 33.0 Å². The highest BCUT2D eigenvalue weighted by molar-refractivity contribution is 7.09. The second kappa shape index (κ2) is 4.78. The van der Waals surface area contributed by atoms with Crippen LogP contribution in [0.25, 0.3) is 0 Å². The lowest BCUT2D eigenvalue weighted by molar-refractivity contribution is -0.138. The van der Waals surface area contributed by atoms with Crippen molar-refractivity contribution in [1.29, 1.82) is 0 Å². The SMILES string of the molecule is Cc1nsc(N2CCCCCC2C(=O)O)n1. The van der Waals surface area contributed by atoms with Gasteiger partial charge in [0.25, 0.3) is 0 Å². The summed E-state index contributed by atoms with van der Waals surface area (Å²) in [6.07, 6.45) is 3.81. The molecule has 0 aliphatic carbocycles. The second-order valence-electron chi connectivity index (χ2n) is 4.02. The molecule has 2 rings (SSSR count). The van der Waals surface area contributed by atoms with Gasteiger partial charge < -0.3 is 10.0 Å². The molecule has 1 aromatic heterocycles. The number of nitrogens with zero attached hydrogens (tertiary/aromatic N) is 3. The number of hydrogen-bond acceptors (Lipinski definition) is 5. The highest BCUT2D eigenvalue weighted by Crippen LogP contribution is 2.25. The third kappa shape index (κ3) is 2.32. The minimum absolute atomic E-state index is 0.435. The van der Waals surface area contributed by atoms with Crippen LogP contribution in [0, 0.1) is 6.92 Å². The summed E-state index contributed by atoms with van der Waals surface area (Å²) in [4.78, 5) is 17.4. The van der Waals surface area contributed by atoms with Crippen molar-refractivity contribution >= 4 is 22.6 Å². The Labute approximate surface area is 98.3 Å². The Hall–Kier alpha value is -1.17. The van der Waals surface area contributed by atoms with Crippen LogP contribution in [0.1, 0.15) is 31.5 Å². The third-order valence-electron chi connectivity index (χ3n) is 2.80. The molecule has 0 spiro atoms. The van der Waals surface area contributed by atoms with Crippen LogP contribution >= 0.6 is 11.5 Å². The Morgan fingerprint density at radius 2 is 2.31 bits per heavy atom. The highest BCUT2D eigenvalue weighted by atomic mass is 32.1. The van der Waals surface area contributed by atoms with E-state index in [1.165, 1.54) is 11.5 Å². The summed E-state index contributed by atoms with van der Waals surface area (Å²) >= 11 is 1.29. The fourth-order valence-electron chi connectivity index (χ4n) is 2.00. The number of carboxylic acids is 1. The number of rotatable bonds is 2. The van der Waals surface area contributed by atoms with E-state index in [9.17, 15) is 9.90 Å². The molecule has 1 aliphatic heterocycles. The first kappa shape index (κ1) is 11.3. The maximum Gasteiger partial charge on any atom is 0.326 e. The summed E-state index contributed by atoms with van der Waals surface area (Å²) < 4.78 is 4.11. The lowest BCUT2D eigenvalue weighted by Crippen LogP contribution is -2.40. The van der Waals surface area contributed by atoms with Crippen molar-refractivity contribution in [3.8, 4) is 0 Å². The van der Waals surface area contributed by atoms with Crippen LogP contribution in [-0.2, 0) is 4.79 Å². The fraction of sp³-hybridized carbons (Fsp3) is 0.700. The van der Waals surface area contributed by atoms with Crippen LogP contribution < -0.4 is 4.90 Å². The van der Waals surface area contributed by atoms with Crippen molar-refractivity contribution in [3.05, 3.63) is 5.82 Å². The number of aryl methyl sites for hydroxylation is 1. The smallest absolute Gasteiger partial charge is 0.326 e. The standard InChI is InChI=1S/C10H15N3O2S/c1-7-11-10(16-12-7)13-6-4-2-3-5-8(13)9(14)15/h8H,2-6H2,1H3,(H,14,15). The maximum absolute atomic E-state index is 11.2. The minimum Gasteiger partial charge on any atom is -0.480 e. The lowest BCUT2D eigenvalue weighted by Gasteiger charge is -2.25. The Morgan fingerprint density at radius 1 is 1.50 bits per heavy atom. The molecule has 88 valence electrons. The van der Waals surface area contributed by atoms with E-state index >= 15 is 0 Å². The molecule has 0 aromatic carbocycles. The summed E-state index contributed by atoms with van der Waals surface area (Å²) in [6, 6.07) is -0.435. The molecule has 1 N–H and O–H groups in total. The van der Waals surface area contributed by atoms with Gasteiger partial charge in [-0.15, -0.1) is 0 Å². The zero-order chi connectivity index (χ0) is 11.5. The minimum atomic E-state index is -0.755. The average Bonchev–Trinajstić information content (AvgIpc) is 2.54. The van der Waals surface area contributed by atoms with Gasteiger partial charge in [-0.2, -0.15) is 4.37 Å².